The number of nitrogens with one attached hydrogen (secondary N) is 1. The van der Waals surface area contributed by atoms with E-state index < -0.39 is 17.5 Å². The third-order valence-electron chi connectivity index (χ3n) is 10.6. The molecule has 1 aromatic heterocycles. The highest BCUT2D eigenvalue weighted by Crippen LogP contribution is 2.55. The highest BCUT2D eigenvalue weighted by Gasteiger charge is 2.64. The summed E-state index contributed by atoms with van der Waals surface area (Å²) in [6.45, 7) is 3.23. The summed E-state index contributed by atoms with van der Waals surface area (Å²) >= 11 is 0. The molecule has 1 amide bonds. The maximum Gasteiger partial charge on any atom is 0.403 e. The number of rotatable bonds is 4. The van der Waals surface area contributed by atoms with Crippen LogP contribution >= 0.6 is 0 Å². The van der Waals surface area contributed by atoms with Crippen molar-refractivity contribution in [2.75, 3.05) is 32.8 Å². The Balaban J connectivity index is 1.15. The number of aromatic nitrogens is 2. The minimum Gasteiger partial charge on any atom is -0.381 e. The molecule has 6 rings (SSSR count). The van der Waals surface area contributed by atoms with E-state index in [1.165, 1.54) is 30.6 Å². The summed E-state index contributed by atoms with van der Waals surface area (Å²) in [5.41, 5.74) is -2.04. The third kappa shape index (κ3) is 4.67. The van der Waals surface area contributed by atoms with E-state index >= 15 is 0 Å². The van der Waals surface area contributed by atoms with Crippen LogP contribution < -0.4 is 5.32 Å². The molecule has 0 bridgehead atoms. The Kier molecular flexibility index (Phi) is 7.25. The second-order valence-electron chi connectivity index (χ2n) is 12.7. The SMILES string of the molecule is O=C(N1CCC(c2noc(C3CC(C4CCOC4)NCC34CCCCCC4)n2)CC1)C1(C(F)(F)F)CCC1. The molecule has 0 radical (unpaired) electrons. The van der Waals surface area contributed by atoms with Crippen LogP contribution in [-0.4, -0.2) is 66.0 Å². The Morgan fingerprint density at radius 1 is 1.00 bits per heavy atom. The zero-order valence-electron chi connectivity index (χ0n) is 22.2. The van der Waals surface area contributed by atoms with Gasteiger partial charge in [0.05, 0.1) is 6.61 Å². The van der Waals surface area contributed by atoms with Gasteiger partial charge in [0.2, 0.25) is 11.8 Å². The fraction of sp³-hybridized carbons (Fsp3) is 0.893. The molecular weight excluding hydrogens is 497 g/mol. The lowest BCUT2D eigenvalue weighted by molar-refractivity contribution is -0.248. The number of likely N-dealkylation sites (tertiary alicyclic amines) is 1. The summed E-state index contributed by atoms with van der Waals surface area (Å²) in [4.78, 5) is 19.3. The van der Waals surface area contributed by atoms with Gasteiger partial charge in [-0.05, 0) is 62.7 Å². The van der Waals surface area contributed by atoms with E-state index in [2.05, 4.69) is 10.5 Å². The maximum atomic E-state index is 13.7. The van der Waals surface area contributed by atoms with Crippen LogP contribution in [0.3, 0.4) is 0 Å². The van der Waals surface area contributed by atoms with Gasteiger partial charge in [0.1, 0.15) is 5.41 Å². The molecular formula is C28H41F3N4O3. The van der Waals surface area contributed by atoms with E-state index in [0.717, 1.165) is 51.3 Å². The predicted molar refractivity (Wildman–Crippen MR) is 133 cm³/mol. The zero-order valence-corrected chi connectivity index (χ0v) is 22.2. The average Bonchev–Trinajstić information content (AvgIpc) is 3.53. The quantitative estimate of drug-likeness (QED) is 0.558. The first kappa shape index (κ1) is 26.5. The Morgan fingerprint density at radius 3 is 2.34 bits per heavy atom. The molecule has 5 fully saturated rings. The number of ether oxygens (including phenoxy) is 1. The van der Waals surface area contributed by atoms with Crippen molar-refractivity contribution < 1.29 is 27.2 Å². The molecule has 2 saturated carbocycles. The summed E-state index contributed by atoms with van der Waals surface area (Å²) in [7, 11) is 0. The fourth-order valence-corrected chi connectivity index (χ4v) is 7.94. The number of carbonyl (C=O) groups excluding carboxylic acids is 1. The monoisotopic (exact) mass is 538 g/mol. The summed E-state index contributed by atoms with van der Waals surface area (Å²) < 4.78 is 52.8. The van der Waals surface area contributed by atoms with Crippen molar-refractivity contribution >= 4 is 5.91 Å². The first-order chi connectivity index (χ1) is 18.3. The molecule has 10 heteroatoms. The number of piperidine rings is 2. The Labute approximate surface area is 222 Å². The zero-order chi connectivity index (χ0) is 26.4. The molecule has 7 nitrogen and oxygen atoms in total. The van der Waals surface area contributed by atoms with Crippen molar-refractivity contribution in [1.29, 1.82) is 0 Å². The molecule has 212 valence electrons. The minimum atomic E-state index is -4.48. The van der Waals surface area contributed by atoms with Gasteiger partial charge in [0.25, 0.3) is 0 Å². The number of hydrogen-bond acceptors (Lipinski definition) is 6. The van der Waals surface area contributed by atoms with Crippen molar-refractivity contribution in [3.63, 3.8) is 0 Å². The van der Waals surface area contributed by atoms with Crippen molar-refractivity contribution in [1.82, 2.24) is 20.4 Å². The van der Waals surface area contributed by atoms with Crippen LogP contribution in [0.1, 0.15) is 107 Å². The third-order valence-corrected chi connectivity index (χ3v) is 10.6. The summed E-state index contributed by atoms with van der Waals surface area (Å²) in [6, 6.07) is 0.383. The summed E-state index contributed by atoms with van der Waals surface area (Å²) in [5.74, 6) is 1.38. The number of alkyl halides is 3. The molecule has 5 aliphatic rings. The van der Waals surface area contributed by atoms with Crippen LogP contribution in [-0.2, 0) is 9.53 Å². The van der Waals surface area contributed by atoms with Crippen LogP contribution in [0.4, 0.5) is 13.2 Å². The van der Waals surface area contributed by atoms with Crippen molar-refractivity contribution in [3.8, 4) is 0 Å². The highest BCUT2D eigenvalue weighted by atomic mass is 19.4. The topological polar surface area (TPSA) is 80.5 Å². The molecule has 3 saturated heterocycles. The van der Waals surface area contributed by atoms with Crippen molar-refractivity contribution in [2.24, 2.45) is 16.7 Å². The first-order valence-electron chi connectivity index (χ1n) is 14.8. The van der Waals surface area contributed by atoms with Gasteiger partial charge in [-0.15, -0.1) is 0 Å². The van der Waals surface area contributed by atoms with E-state index in [1.54, 1.807) is 0 Å². The molecule has 1 aromatic rings. The Hall–Kier alpha value is -1.68. The number of carbonyl (C=O) groups is 1. The van der Waals surface area contributed by atoms with Gasteiger partial charge in [0.15, 0.2) is 5.82 Å². The maximum absolute atomic E-state index is 13.7. The van der Waals surface area contributed by atoms with Crippen LogP contribution in [0.15, 0.2) is 4.52 Å². The number of hydrogen-bond donors (Lipinski definition) is 1. The highest BCUT2D eigenvalue weighted by molar-refractivity contribution is 5.84. The standard InChI is InChI=1S/C28H41F3N4O3/c29-28(30,31)27(11-5-12-27)25(36)35-13-6-19(7-14-35)23-33-24(38-34-23)21-16-22(20-8-15-37-17-20)32-18-26(21)9-3-1-2-4-10-26/h19-22,32H,1-18H2. The Morgan fingerprint density at radius 2 is 1.74 bits per heavy atom. The van der Waals surface area contributed by atoms with Crippen LogP contribution in [0.5, 0.6) is 0 Å². The largest absolute Gasteiger partial charge is 0.403 e. The van der Waals surface area contributed by atoms with Crippen molar-refractivity contribution in [3.05, 3.63) is 11.7 Å². The summed E-state index contributed by atoms with van der Waals surface area (Å²) in [5, 5.41) is 8.29. The van der Waals surface area contributed by atoms with E-state index in [4.69, 9.17) is 14.2 Å². The number of nitrogens with zero attached hydrogens (tertiary/aromatic N) is 3. The number of halogens is 3. The molecule has 38 heavy (non-hydrogen) atoms. The first-order valence-corrected chi connectivity index (χ1v) is 14.8. The van der Waals surface area contributed by atoms with E-state index in [1.807, 2.05) is 0 Å². The molecule has 3 unspecified atom stereocenters. The van der Waals surface area contributed by atoms with Gasteiger partial charge in [0, 0.05) is 44.1 Å². The fourth-order valence-electron chi connectivity index (χ4n) is 7.94. The molecule has 1 spiro atoms. The number of amides is 1. The van der Waals surface area contributed by atoms with Crippen LogP contribution in [0, 0.1) is 16.7 Å². The molecule has 2 aliphatic carbocycles. The molecule has 1 N–H and O–H groups in total. The van der Waals surface area contributed by atoms with Gasteiger partial charge in [-0.1, -0.05) is 37.3 Å². The van der Waals surface area contributed by atoms with Crippen molar-refractivity contribution in [2.45, 2.75) is 108 Å². The molecule has 4 heterocycles. The van der Waals surface area contributed by atoms with Gasteiger partial charge >= 0.3 is 6.18 Å². The smallest absolute Gasteiger partial charge is 0.381 e. The van der Waals surface area contributed by atoms with E-state index in [-0.39, 0.29) is 30.1 Å². The Bertz CT molecular complexity index is 972. The van der Waals surface area contributed by atoms with E-state index in [0.29, 0.717) is 50.1 Å². The van der Waals surface area contributed by atoms with Crippen LogP contribution in [0.25, 0.3) is 0 Å². The molecule has 0 aromatic carbocycles. The second-order valence-corrected chi connectivity index (χ2v) is 12.7. The lowest BCUT2D eigenvalue weighted by atomic mass is 9.64. The van der Waals surface area contributed by atoms with Gasteiger partial charge in [-0.2, -0.15) is 18.2 Å². The lowest BCUT2D eigenvalue weighted by Crippen LogP contribution is -2.57. The lowest BCUT2D eigenvalue weighted by Gasteiger charge is -2.47. The predicted octanol–water partition coefficient (Wildman–Crippen LogP) is 5.33. The van der Waals surface area contributed by atoms with Gasteiger partial charge in [-0.25, -0.2) is 0 Å². The normalized spacial score (nSPS) is 32.2. The summed E-state index contributed by atoms with van der Waals surface area (Å²) in [6.07, 6.45) is 6.32. The second kappa shape index (κ2) is 10.4. The van der Waals surface area contributed by atoms with Crippen LogP contribution in [0.2, 0.25) is 0 Å². The van der Waals surface area contributed by atoms with Gasteiger partial charge in [-0.3, -0.25) is 4.79 Å². The van der Waals surface area contributed by atoms with E-state index in [9.17, 15) is 18.0 Å². The molecule has 3 atom stereocenters. The minimum absolute atomic E-state index is 0.00519. The average molecular weight is 539 g/mol. The molecule has 3 aliphatic heterocycles. The van der Waals surface area contributed by atoms with Gasteiger partial charge < -0.3 is 19.5 Å².